The summed E-state index contributed by atoms with van der Waals surface area (Å²) in [5, 5.41) is 6.20. The number of rotatable bonds is 6. The van der Waals surface area contributed by atoms with E-state index in [1.807, 2.05) is 19.2 Å². The lowest BCUT2D eigenvalue weighted by Gasteiger charge is -2.10. The van der Waals surface area contributed by atoms with Crippen LogP contribution in [-0.2, 0) is 6.54 Å². The fraction of sp³-hybridized carbons (Fsp3) is 0.500. The minimum Gasteiger partial charge on any atom is -0.494 e. The van der Waals surface area contributed by atoms with Gasteiger partial charge in [-0.25, -0.2) is 0 Å². The minimum atomic E-state index is 0.735. The Morgan fingerprint density at radius 2 is 2.22 bits per heavy atom. The van der Waals surface area contributed by atoms with Crippen LogP contribution in [0.5, 0.6) is 5.75 Å². The maximum Gasteiger partial charge on any atom is 0.190 e. The lowest BCUT2D eigenvalue weighted by atomic mass is 10.2. The van der Waals surface area contributed by atoms with Crippen LogP contribution in [0.4, 0.5) is 0 Å². The third kappa shape index (κ3) is 5.08. The summed E-state index contributed by atoms with van der Waals surface area (Å²) in [6, 6.07) is 8.14. The first kappa shape index (κ1) is 14.4. The summed E-state index contributed by atoms with van der Waals surface area (Å²) in [6.45, 7) is 3.68. The molecule has 2 N–H and O–H groups in total. The van der Waals surface area contributed by atoms with Crippen LogP contribution < -0.4 is 15.4 Å². The zero-order chi connectivity index (χ0) is 13.2. The van der Waals surface area contributed by atoms with E-state index in [0.717, 1.165) is 37.7 Å². The second-order valence-corrected chi connectivity index (χ2v) is 4.03. The van der Waals surface area contributed by atoms with Crippen LogP contribution >= 0.6 is 0 Å². The Hall–Kier alpha value is -1.71. The third-order valence-electron chi connectivity index (χ3n) is 2.59. The monoisotopic (exact) mass is 249 g/mol. The summed E-state index contributed by atoms with van der Waals surface area (Å²) in [4.78, 5) is 4.07. The number of guanidine groups is 1. The molecule has 0 aliphatic heterocycles. The molecular formula is C14H23N3O. The topological polar surface area (TPSA) is 45.6 Å². The van der Waals surface area contributed by atoms with E-state index >= 15 is 0 Å². The molecule has 1 rings (SSSR count). The highest BCUT2D eigenvalue weighted by atomic mass is 16.5. The Kier molecular flexibility index (Phi) is 6.69. The van der Waals surface area contributed by atoms with Crippen molar-refractivity contribution in [3.63, 3.8) is 0 Å². The Morgan fingerprint density at radius 3 is 2.89 bits per heavy atom. The predicted molar refractivity (Wildman–Crippen MR) is 76.1 cm³/mol. The SMILES string of the molecule is CCCCOc1cccc(CNC(=NC)NC)c1. The molecule has 0 atom stereocenters. The zero-order valence-corrected chi connectivity index (χ0v) is 11.5. The highest BCUT2D eigenvalue weighted by Gasteiger charge is 1.98. The first-order chi connectivity index (χ1) is 8.80. The van der Waals surface area contributed by atoms with Crippen molar-refractivity contribution < 1.29 is 4.74 Å². The highest BCUT2D eigenvalue weighted by molar-refractivity contribution is 5.79. The number of ether oxygens (including phenoxy) is 1. The maximum atomic E-state index is 5.67. The minimum absolute atomic E-state index is 0.735. The van der Waals surface area contributed by atoms with Gasteiger partial charge in [0.1, 0.15) is 5.75 Å². The summed E-state index contributed by atoms with van der Waals surface area (Å²) >= 11 is 0. The van der Waals surface area contributed by atoms with Crippen LogP contribution in [0.3, 0.4) is 0 Å². The van der Waals surface area contributed by atoms with Crippen molar-refractivity contribution in [1.82, 2.24) is 10.6 Å². The molecule has 4 heteroatoms. The van der Waals surface area contributed by atoms with Crippen molar-refractivity contribution in [1.29, 1.82) is 0 Å². The van der Waals surface area contributed by atoms with Crippen LogP contribution in [0.25, 0.3) is 0 Å². The van der Waals surface area contributed by atoms with E-state index in [-0.39, 0.29) is 0 Å². The number of nitrogens with one attached hydrogen (secondary N) is 2. The number of unbranched alkanes of at least 4 members (excludes halogenated alkanes) is 1. The lowest BCUT2D eigenvalue weighted by Crippen LogP contribution is -2.34. The molecule has 0 bridgehead atoms. The van der Waals surface area contributed by atoms with Gasteiger partial charge in [0.15, 0.2) is 5.96 Å². The van der Waals surface area contributed by atoms with Crippen LogP contribution in [0.1, 0.15) is 25.3 Å². The lowest BCUT2D eigenvalue weighted by molar-refractivity contribution is 0.309. The molecule has 0 aliphatic rings. The number of aliphatic imine (C=N–C) groups is 1. The van der Waals surface area contributed by atoms with E-state index in [0.29, 0.717) is 0 Å². The molecule has 0 fully saturated rings. The molecule has 0 spiro atoms. The van der Waals surface area contributed by atoms with E-state index in [1.54, 1.807) is 7.05 Å². The smallest absolute Gasteiger partial charge is 0.190 e. The van der Waals surface area contributed by atoms with Gasteiger partial charge in [-0.2, -0.15) is 0 Å². The molecule has 0 aliphatic carbocycles. The van der Waals surface area contributed by atoms with E-state index in [9.17, 15) is 0 Å². The van der Waals surface area contributed by atoms with Gasteiger partial charge in [0.25, 0.3) is 0 Å². The molecular weight excluding hydrogens is 226 g/mol. The quantitative estimate of drug-likeness (QED) is 0.461. The summed E-state index contributed by atoms with van der Waals surface area (Å²) in [5.41, 5.74) is 1.18. The van der Waals surface area contributed by atoms with E-state index < -0.39 is 0 Å². The molecule has 0 saturated heterocycles. The Morgan fingerprint density at radius 1 is 1.39 bits per heavy atom. The highest BCUT2D eigenvalue weighted by Crippen LogP contribution is 2.13. The summed E-state index contributed by atoms with van der Waals surface area (Å²) in [7, 11) is 3.60. The van der Waals surface area contributed by atoms with Gasteiger partial charge in [-0.3, -0.25) is 4.99 Å². The number of benzene rings is 1. The molecule has 4 nitrogen and oxygen atoms in total. The van der Waals surface area contributed by atoms with E-state index in [4.69, 9.17) is 4.74 Å². The van der Waals surface area contributed by atoms with Crippen LogP contribution in [0.15, 0.2) is 29.3 Å². The van der Waals surface area contributed by atoms with Gasteiger partial charge < -0.3 is 15.4 Å². The van der Waals surface area contributed by atoms with Crippen molar-refractivity contribution in [2.24, 2.45) is 4.99 Å². The second kappa shape index (κ2) is 8.39. The molecule has 0 saturated carbocycles. The van der Waals surface area contributed by atoms with Gasteiger partial charge in [0, 0.05) is 20.6 Å². The van der Waals surface area contributed by atoms with Gasteiger partial charge in [-0.05, 0) is 24.1 Å². The van der Waals surface area contributed by atoms with Crippen LogP contribution in [-0.4, -0.2) is 26.7 Å². The third-order valence-corrected chi connectivity index (χ3v) is 2.59. The largest absolute Gasteiger partial charge is 0.494 e. The van der Waals surface area contributed by atoms with Gasteiger partial charge in [-0.1, -0.05) is 25.5 Å². The zero-order valence-electron chi connectivity index (χ0n) is 11.5. The molecule has 100 valence electrons. The number of hydrogen-bond acceptors (Lipinski definition) is 2. The van der Waals surface area contributed by atoms with E-state index in [2.05, 4.69) is 34.7 Å². The van der Waals surface area contributed by atoms with Gasteiger partial charge in [-0.15, -0.1) is 0 Å². The molecule has 0 amide bonds. The Labute approximate surface area is 109 Å². The first-order valence-corrected chi connectivity index (χ1v) is 6.40. The van der Waals surface area contributed by atoms with Crippen LogP contribution in [0.2, 0.25) is 0 Å². The normalized spacial score (nSPS) is 11.2. The second-order valence-electron chi connectivity index (χ2n) is 4.03. The van der Waals surface area contributed by atoms with Crippen molar-refractivity contribution in [3.8, 4) is 5.75 Å². The molecule has 0 radical (unpaired) electrons. The Bertz CT molecular complexity index is 377. The molecule has 18 heavy (non-hydrogen) atoms. The fourth-order valence-electron chi connectivity index (χ4n) is 1.54. The molecule has 0 heterocycles. The number of nitrogens with zero attached hydrogens (tertiary/aromatic N) is 1. The summed E-state index contributed by atoms with van der Waals surface area (Å²) < 4.78 is 5.67. The average Bonchev–Trinajstić information content (AvgIpc) is 2.41. The average molecular weight is 249 g/mol. The van der Waals surface area contributed by atoms with Gasteiger partial charge in [0.2, 0.25) is 0 Å². The van der Waals surface area contributed by atoms with E-state index in [1.165, 1.54) is 5.56 Å². The molecule has 1 aromatic rings. The fourth-order valence-corrected chi connectivity index (χ4v) is 1.54. The molecule has 0 unspecified atom stereocenters. The molecule has 1 aromatic carbocycles. The van der Waals surface area contributed by atoms with Gasteiger partial charge >= 0.3 is 0 Å². The predicted octanol–water partition coefficient (Wildman–Crippen LogP) is 2.16. The maximum absolute atomic E-state index is 5.67. The van der Waals surface area contributed by atoms with Crippen molar-refractivity contribution in [2.45, 2.75) is 26.3 Å². The Balaban J connectivity index is 2.48. The summed E-state index contributed by atoms with van der Waals surface area (Å²) in [6.07, 6.45) is 2.24. The van der Waals surface area contributed by atoms with Crippen LogP contribution in [0, 0.1) is 0 Å². The summed E-state index contributed by atoms with van der Waals surface area (Å²) in [5.74, 6) is 1.72. The van der Waals surface area contributed by atoms with Crippen molar-refractivity contribution >= 4 is 5.96 Å². The van der Waals surface area contributed by atoms with Crippen molar-refractivity contribution in [2.75, 3.05) is 20.7 Å². The standard InChI is InChI=1S/C14H23N3O/c1-4-5-9-18-13-8-6-7-12(10-13)11-17-14(15-2)16-3/h6-8,10H,4-5,9,11H2,1-3H3,(H2,15,16,17). The van der Waals surface area contributed by atoms with Gasteiger partial charge in [0.05, 0.1) is 6.61 Å². The van der Waals surface area contributed by atoms with Crippen molar-refractivity contribution in [3.05, 3.63) is 29.8 Å². The molecule has 0 aromatic heterocycles. The first-order valence-electron chi connectivity index (χ1n) is 6.40. The number of hydrogen-bond donors (Lipinski definition) is 2.